The monoisotopic (exact) mass is 263 g/mol. The van der Waals surface area contributed by atoms with Gasteiger partial charge in [-0.25, -0.2) is 4.98 Å². The van der Waals surface area contributed by atoms with E-state index in [2.05, 4.69) is 15.0 Å². The van der Waals surface area contributed by atoms with Crippen LogP contribution >= 0.6 is 0 Å². The van der Waals surface area contributed by atoms with E-state index in [0.29, 0.717) is 16.8 Å². The summed E-state index contributed by atoms with van der Waals surface area (Å²) in [5.41, 5.74) is 2.98. The normalized spacial score (nSPS) is 10.7. The quantitative estimate of drug-likeness (QED) is 0.677. The largest absolute Gasteiger partial charge is 0.289 e. The minimum absolute atomic E-state index is 0.0168. The third kappa shape index (κ3) is 2.16. The summed E-state index contributed by atoms with van der Waals surface area (Å²) in [6, 6.07) is 8.96. The highest BCUT2D eigenvalue weighted by Crippen LogP contribution is 2.20. The fourth-order valence-electron chi connectivity index (χ4n) is 2.25. The number of fused-ring (bicyclic) bond motifs is 1. The van der Waals surface area contributed by atoms with Gasteiger partial charge in [0.05, 0.1) is 23.0 Å². The molecule has 3 rings (SSSR count). The van der Waals surface area contributed by atoms with Crippen LogP contribution in [0.4, 0.5) is 0 Å². The van der Waals surface area contributed by atoms with Gasteiger partial charge < -0.3 is 0 Å². The first-order valence-electron chi connectivity index (χ1n) is 6.35. The predicted molar refractivity (Wildman–Crippen MR) is 78.5 cm³/mol. The summed E-state index contributed by atoms with van der Waals surface area (Å²) in [6.45, 7) is 3.73. The molecule has 98 valence electrons. The SMILES string of the molecule is Cc1cncc(-c2cc3ccccc(=O)c3c(C)n2)n1. The van der Waals surface area contributed by atoms with Crippen molar-refractivity contribution in [3.05, 3.63) is 64.3 Å². The number of hydrogen-bond donors (Lipinski definition) is 0. The van der Waals surface area contributed by atoms with E-state index < -0.39 is 0 Å². The molecule has 0 aliphatic heterocycles. The standard InChI is InChI=1S/C16H13N3O/c1-10-8-17-9-14(18-10)13-7-12-5-3-4-6-15(20)16(12)11(2)19-13/h3-9H,1-2H3. The van der Waals surface area contributed by atoms with Crippen molar-refractivity contribution >= 4 is 10.8 Å². The van der Waals surface area contributed by atoms with Crippen molar-refractivity contribution in [1.82, 2.24) is 15.0 Å². The fraction of sp³-hybridized carbons (Fsp3) is 0.125. The molecule has 4 nitrogen and oxygen atoms in total. The molecule has 0 spiro atoms. The Morgan fingerprint density at radius 3 is 2.55 bits per heavy atom. The van der Waals surface area contributed by atoms with Gasteiger partial charge in [-0.15, -0.1) is 0 Å². The first kappa shape index (κ1) is 12.4. The van der Waals surface area contributed by atoms with Gasteiger partial charge in [0.25, 0.3) is 0 Å². The van der Waals surface area contributed by atoms with Crippen molar-refractivity contribution in [2.45, 2.75) is 13.8 Å². The molecule has 0 saturated heterocycles. The van der Waals surface area contributed by atoms with Crippen LogP contribution < -0.4 is 5.43 Å². The summed E-state index contributed by atoms with van der Waals surface area (Å²) in [5.74, 6) is 0. The molecule has 1 aromatic carbocycles. The number of rotatable bonds is 1. The molecule has 20 heavy (non-hydrogen) atoms. The van der Waals surface area contributed by atoms with Gasteiger partial charge >= 0.3 is 0 Å². The van der Waals surface area contributed by atoms with E-state index in [1.165, 1.54) is 0 Å². The smallest absolute Gasteiger partial charge is 0.188 e. The molecule has 0 atom stereocenters. The zero-order valence-electron chi connectivity index (χ0n) is 11.3. The minimum atomic E-state index is -0.0168. The molecule has 0 radical (unpaired) electrons. The summed E-state index contributed by atoms with van der Waals surface area (Å²) in [5, 5.41) is 1.52. The van der Waals surface area contributed by atoms with Gasteiger partial charge in [-0.2, -0.15) is 0 Å². The van der Waals surface area contributed by atoms with Crippen LogP contribution in [0, 0.1) is 13.8 Å². The summed E-state index contributed by atoms with van der Waals surface area (Å²) in [6.07, 6.45) is 3.38. The molecule has 0 aliphatic rings. The zero-order valence-corrected chi connectivity index (χ0v) is 11.3. The molecule has 3 aromatic rings. The molecule has 0 N–H and O–H groups in total. The number of aryl methyl sites for hydroxylation is 2. The Hall–Kier alpha value is -2.62. The van der Waals surface area contributed by atoms with Crippen molar-refractivity contribution in [1.29, 1.82) is 0 Å². The molecule has 0 fully saturated rings. The van der Waals surface area contributed by atoms with Crippen LogP contribution in [0.2, 0.25) is 0 Å². The first-order valence-corrected chi connectivity index (χ1v) is 6.35. The van der Waals surface area contributed by atoms with Crippen LogP contribution in [0.15, 0.2) is 47.5 Å². The number of nitrogens with zero attached hydrogens (tertiary/aromatic N) is 3. The maximum Gasteiger partial charge on any atom is 0.188 e. The van der Waals surface area contributed by atoms with Gasteiger partial charge in [-0.3, -0.25) is 14.8 Å². The van der Waals surface area contributed by atoms with Crippen LogP contribution in [-0.4, -0.2) is 15.0 Å². The number of aromatic nitrogens is 3. The van der Waals surface area contributed by atoms with E-state index in [1.807, 2.05) is 32.0 Å². The van der Waals surface area contributed by atoms with E-state index in [-0.39, 0.29) is 5.43 Å². The second kappa shape index (κ2) is 4.81. The maximum absolute atomic E-state index is 12.0. The highest BCUT2D eigenvalue weighted by Gasteiger charge is 2.08. The predicted octanol–water partition coefficient (Wildman–Crippen LogP) is 2.67. The lowest BCUT2D eigenvalue weighted by molar-refractivity contribution is 1.10. The van der Waals surface area contributed by atoms with Crippen LogP contribution in [0.3, 0.4) is 0 Å². The van der Waals surface area contributed by atoms with Crippen molar-refractivity contribution in [3.8, 4) is 11.4 Å². The third-order valence-electron chi connectivity index (χ3n) is 3.13. The Morgan fingerprint density at radius 2 is 1.75 bits per heavy atom. The van der Waals surface area contributed by atoms with Gasteiger partial charge in [0.2, 0.25) is 0 Å². The lowest BCUT2D eigenvalue weighted by atomic mass is 10.1. The highest BCUT2D eigenvalue weighted by molar-refractivity contribution is 5.86. The molecule has 0 aliphatic carbocycles. The van der Waals surface area contributed by atoms with E-state index in [4.69, 9.17) is 0 Å². The second-order valence-corrected chi connectivity index (χ2v) is 4.69. The topological polar surface area (TPSA) is 55.7 Å². The second-order valence-electron chi connectivity index (χ2n) is 4.69. The molecule has 0 amide bonds. The minimum Gasteiger partial charge on any atom is -0.289 e. The first-order chi connectivity index (χ1) is 9.65. The van der Waals surface area contributed by atoms with Crippen molar-refractivity contribution in [3.63, 3.8) is 0 Å². The lowest BCUT2D eigenvalue weighted by Gasteiger charge is -2.04. The average Bonchev–Trinajstić information content (AvgIpc) is 2.61. The van der Waals surface area contributed by atoms with Crippen molar-refractivity contribution < 1.29 is 0 Å². The van der Waals surface area contributed by atoms with Gasteiger partial charge in [0.1, 0.15) is 5.69 Å². The van der Waals surface area contributed by atoms with Gasteiger partial charge in [-0.05, 0) is 31.4 Å². The molecule has 0 bridgehead atoms. The third-order valence-corrected chi connectivity index (χ3v) is 3.13. The summed E-state index contributed by atoms with van der Waals surface area (Å²) in [4.78, 5) is 25.1. The molecule has 4 heteroatoms. The van der Waals surface area contributed by atoms with Gasteiger partial charge in [0, 0.05) is 11.9 Å². The van der Waals surface area contributed by atoms with Crippen LogP contribution in [-0.2, 0) is 0 Å². The van der Waals surface area contributed by atoms with Crippen LogP contribution in [0.5, 0.6) is 0 Å². The molecular formula is C16H13N3O. The highest BCUT2D eigenvalue weighted by atomic mass is 16.1. The van der Waals surface area contributed by atoms with E-state index in [1.54, 1.807) is 24.5 Å². The average molecular weight is 263 g/mol. The molecular weight excluding hydrogens is 250 g/mol. The van der Waals surface area contributed by atoms with Crippen molar-refractivity contribution in [2.24, 2.45) is 0 Å². The summed E-state index contributed by atoms with van der Waals surface area (Å²) in [7, 11) is 0. The van der Waals surface area contributed by atoms with E-state index in [9.17, 15) is 4.79 Å². The van der Waals surface area contributed by atoms with Gasteiger partial charge in [-0.1, -0.05) is 18.2 Å². The van der Waals surface area contributed by atoms with Crippen LogP contribution in [0.1, 0.15) is 11.4 Å². The Labute approximate surface area is 116 Å². The van der Waals surface area contributed by atoms with Crippen molar-refractivity contribution in [2.75, 3.05) is 0 Å². The Morgan fingerprint density at radius 1 is 0.950 bits per heavy atom. The van der Waals surface area contributed by atoms with Crippen LogP contribution in [0.25, 0.3) is 22.2 Å². The Bertz CT molecular complexity index is 859. The van der Waals surface area contributed by atoms with E-state index >= 15 is 0 Å². The van der Waals surface area contributed by atoms with E-state index in [0.717, 1.165) is 16.8 Å². The summed E-state index contributed by atoms with van der Waals surface area (Å²) < 4.78 is 0. The maximum atomic E-state index is 12.0. The molecule has 2 aromatic heterocycles. The molecule has 0 saturated carbocycles. The lowest BCUT2D eigenvalue weighted by Crippen LogP contribution is -2.01. The van der Waals surface area contributed by atoms with Gasteiger partial charge in [0.15, 0.2) is 5.43 Å². The number of hydrogen-bond acceptors (Lipinski definition) is 4. The fourth-order valence-corrected chi connectivity index (χ4v) is 2.25. The Kier molecular flexibility index (Phi) is 2.99. The number of pyridine rings is 1. The summed E-state index contributed by atoms with van der Waals surface area (Å²) >= 11 is 0. The molecule has 0 unspecified atom stereocenters. The molecule has 2 heterocycles. The zero-order chi connectivity index (χ0) is 14.1. The Balaban J connectivity index is 2.34.